The van der Waals surface area contributed by atoms with Crippen LogP contribution in [0, 0.1) is 5.82 Å². The van der Waals surface area contributed by atoms with Gasteiger partial charge in [-0.05, 0) is 35.9 Å². The van der Waals surface area contributed by atoms with Crippen LogP contribution in [0.4, 0.5) is 4.39 Å². The first kappa shape index (κ1) is 19.6. The van der Waals surface area contributed by atoms with Crippen LogP contribution in [0.1, 0.15) is 27.6 Å². The molecule has 1 N–H and O–H groups in total. The number of aromatic nitrogens is 3. The van der Waals surface area contributed by atoms with Crippen LogP contribution < -0.4 is 5.56 Å². The molecule has 158 valence electrons. The van der Waals surface area contributed by atoms with Crippen LogP contribution in [0.15, 0.2) is 75.9 Å². The average molecular weight is 429 g/mol. The largest absolute Gasteiger partial charge is 0.452 e. The summed E-state index contributed by atoms with van der Waals surface area (Å²) in [5.41, 5.74) is 2.09. The molecule has 0 amide bonds. The van der Waals surface area contributed by atoms with Crippen LogP contribution in [-0.2, 0) is 17.8 Å². The van der Waals surface area contributed by atoms with E-state index in [1.165, 1.54) is 18.2 Å². The minimum absolute atomic E-state index is 0.164. The van der Waals surface area contributed by atoms with Gasteiger partial charge in [0, 0.05) is 12.5 Å². The molecule has 3 aromatic carbocycles. The lowest BCUT2D eigenvalue weighted by Gasteiger charge is -2.09. The van der Waals surface area contributed by atoms with Crippen LogP contribution in [0.25, 0.3) is 22.0 Å². The SMILES string of the molecule is O=C(OCc1nc2ccc(F)cc2o1)c1ccccc1Cc1nc2ccccc2c(=O)[nH]1. The van der Waals surface area contributed by atoms with E-state index in [4.69, 9.17) is 9.15 Å². The molecule has 0 atom stereocenters. The van der Waals surface area contributed by atoms with Crippen molar-refractivity contribution in [3.8, 4) is 0 Å². The molecule has 0 bridgehead atoms. The number of carbonyl (C=O) groups excluding carboxylic acids is 1. The Morgan fingerprint density at radius 3 is 2.72 bits per heavy atom. The maximum absolute atomic E-state index is 13.3. The summed E-state index contributed by atoms with van der Waals surface area (Å²) in [6.45, 7) is -0.200. The van der Waals surface area contributed by atoms with E-state index in [9.17, 15) is 14.0 Å². The first-order valence-corrected chi connectivity index (χ1v) is 9.85. The van der Waals surface area contributed by atoms with Crippen molar-refractivity contribution in [1.29, 1.82) is 0 Å². The van der Waals surface area contributed by atoms with Gasteiger partial charge in [-0.2, -0.15) is 0 Å². The monoisotopic (exact) mass is 429 g/mol. The number of nitrogens with zero attached hydrogens (tertiary/aromatic N) is 2. The number of benzene rings is 3. The van der Waals surface area contributed by atoms with Gasteiger partial charge in [-0.15, -0.1) is 0 Å². The summed E-state index contributed by atoms with van der Waals surface area (Å²) >= 11 is 0. The zero-order chi connectivity index (χ0) is 22.1. The molecular formula is C24H16FN3O4. The van der Waals surface area contributed by atoms with Crippen LogP contribution in [-0.4, -0.2) is 20.9 Å². The summed E-state index contributed by atoms with van der Waals surface area (Å²) in [6, 6.07) is 18.0. The number of hydrogen-bond acceptors (Lipinski definition) is 6. The van der Waals surface area contributed by atoms with Crippen LogP contribution in [0.5, 0.6) is 0 Å². The standard InChI is InChI=1S/C24H16FN3O4/c25-15-9-10-19-20(12-15)32-22(27-19)13-31-24(30)16-6-2-1-5-14(16)11-21-26-18-8-4-3-7-17(18)23(29)28-21/h1-10,12H,11,13H2,(H,26,28,29). The van der Waals surface area contributed by atoms with Crippen molar-refractivity contribution in [2.75, 3.05) is 0 Å². The fraction of sp³-hybridized carbons (Fsp3) is 0.0833. The zero-order valence-electron chi connectivity index (χ0n) is 16.7. The lowest BCUT2D eigenvalue weighted by molar-refractivity contribution is 0.0439. The molecule has 2 heterocycles. The van der Waals surface area contributed by atoms with Crippen molar-refractivity contribution >= 4 is 28.0 Å². The third kappa shape index (κ3) is 3.85. The predicted octanol–water partition coefficient (Wildman–Crippen LogP) is 4.15. The van der Waals surface area contributed by atoms with Gasteiger partial charge in [0.15, 0.2) is 12.2 Å². The maximum Gasteiger partial charge on any atom is 0.338 e. The lowest BCUT2D eigenvalue weighted by atomic mass is 10.0. The molecular weight excluding hydrogens is 413 g/mol. The minimum atomic E-state index is -0.572. The van der Waals surface area contributed by atoms with E-state index in [0.717, 1.165) is 0 Å². The number of ether oxygens (including phenoxy) is 1. The Balaban J connectivity index is 1.36. The molecule has 7 nitrogen and oxygen atoms in total. The number of fused-ring (bicyclic) bond motifs is 2. The second-order valence-corrected chi connectivity index (χ2v) is 7.16. The number of halogens is 1. The molecule has 5 rings (SSSR count). The predicted molar refractivity (Wildman–Crippen MR) is 115 cm³/mol. The van der Waals surface area contributed by atoms with Gasteiger partial charge in [0.05, 0.1) is 16.5 Å². The first-order chi connectivity index (χ1) is 15.6. The van der Waals surface area contributed by atoms with E-state index in [1.807, 2.05) is 6.07 Å². The van der Waals surface area contributed by atoms with Crippen molar-refractivity contribution in [2.45, 2.75) is 13.0 Å². The molecule has 2 aromatic heterocycles. The highest BCUT2D eigenvalue weighted by Crippen LogP contribution is 2.19. The number of H-pyrrole nitrogens is 1. The van der Waals surface area contributed by atoms with Crippen molar-refractivity contribution < 1.29 is 18.3 Å². The van der Waals surface area contributed by atoms with E-state index >= 15 is 0 Å². The summed E-state index contributed by atoms with van der Waals surface area (Å²) < 4.78 is 24.1. The quantitative estimate of drug-likeness (QED) is 0.422. The summed E-state index contributed by atoms with van der Waals surface area (Å²) in [4.78, 5) is 36.5. The third-order valence-corrected chi connectivity index (χ3v) is 4.98. The molecule has 8 heteroatoms. The normalized spacial score (nSPS) is 11.2. The average Bonchev–Trinajstić information content (AvgIpc) is 3.20. The Morgan fingerprint density at radius 1 is 1.00 bits per heavy atom. The molecule has 0 aliphatic heterocycles. The van der Waals surface area contributed by atoms with Gasteiger partial charge in [0.1, 0.15) is 17.2 Å². The fourth-order valence-corrected chi connectivity index (χ4v) is 3.49. The summed E-state index contributed by atoms with van der Waals surface area (Å²) in [7, 11) is 0. The second-order valence-electron chi connectivity index (χ2n) is 7.16. The highest BCUT2D eigenvalue weighted by atomic mass is 19.1. The van der Waals surface area contributed by atoms with Crippen molar-refractivity contribution in [3.05, 3.63) is 106 Å². The summed E-state index contributed by atoms with van der Waals surface area (Å²) in [5, 5.41) is 0.502. The zero-order valence-corrected chi connectivity index (χ0v) is 16.7. The fourth-order valence-electron chi connectivity index (χ4n) is 3.49. The topological polar surface area (TPSA) is 98.1 Å². The molecule has 0 aliphatic rings. The highest BCUT2D eigenvalue weighted by molar-refractivity contribution is 5.91. The molecule has 0 spiro atoms. The molecule has 0 saturated heterocycles. The third-order valence-electron chi connectivity index (χ3n) is 4.98. The second kappa shape index (κ2) is 8.07. The Hall–Kier alpha value is -4.33. The van der Waals surface area contributed by atoms with E-state index in [2.05, 4.69) is 15.0 Å². The maximum atomic E-state index is 13.3. The number of rotatable bonds is 5. The van der Waals surface area contributed by atoms with Gasteiger partial charge >= 0.3 is 5.97 Å². The van der Waals surface area contributed by atoms with E-state index in [-0.39, 0.29) is 30.1 Å². The Labute approximate surface area is 180 Å². The smallest absolute Gasteiger partial charge is 0.338 e. The van der Waals surface area contributed by atoms with Gasteiger partial charge in [-0.3, -0.25) is 4.79 Å². The van der Waals surface area contributed by atoms with Crippen molar-refractivity contribution in [2.24, 2.45) is 0 Å². The Bertz CT molecular complexity index is 1520. The number of esters is 1. The lowest BCUT2D eigenvalue weighted by Crippen LogP contribution is -2.14. The number of para-hydroxylation sites is 1. The number of oxazole rings is 1. The van der Waals surface area contributed by atoms with Gasteiger partial charge in [-0.1, -0.05) is 30.3 Å². The summed E-state index contributed by atoms with van der Waals surface area (Å²) in [5.74, 6) is -0.407. The molecule has 0 saturated carbocycles. The van der Waals surface area contributed by atoms with Crippen LogP contribution in [0.3, 0.4) is 0 Å². The summed E-state index contributed by atoms with van der Waals surface area (Å²) in [6.07, 6.45) is 0.244. The number of aromatic amines is 1. The molecule has 5 aromatic rings. The number of nitrogens with one attached hydrogen (secondary N) is 1. The van der Waals surface area contributed by atoms with Crippen LogP contribution in [0.2, 0.25) is 0 Å². The van der Waals surface area contributed by atoms with E-state index in [0.29, 0.717) is 33.4 Å². The molecule has 32 heavy (non-hydrogen) atoms. The van der Waals surface area contributed by atoms with Crippen LogP contribution >= 0.6 is 0 Å². The Morgan fingerprint density at radius 2 is 1.81 bits per heavy atom. The molecule has 0 aliphatic carbocycles. The number of carbonyl (C=O) groups is 1. The molecule has 0 radical (unpaired) electrons. The number of hydrogen-bond donors (Lipinski definition) is 1. The Kier molecular flexibility index (Phi) is 4.95. The van der Waals surface area contributed by atoms with Gasteiger partial charge < -0.3 is 14.1 Å². The van der Waals surface area contributed by atoms with Crippen molar-refractivity contribution in [3.63, 3.8) is 0 Å². The minimum Gasteiger partial charge on any atom is -0.452 e. The van der Waals surface area contributed by atoms with Gasteiger partial charge in [0.25, 0.3) is 5.56 Å². The van der Waals surface area contributed by atoms with Gasteiger partial charge in [-0.25, -0.2) is 19.2 Å². The van der Waals surface area contributed by atoms with Gasteiger partial charge in [0.2, 0.25) is 5.89 Å². The molecule has 0 unspecified atom stereocenters. The van der Waals surface area contributed by atoms with E-state index < -0.39 is 11.8 Å². The van der Waals surface area contributed by atoms with Crippen molar-refractivity contribution in [1.82, 2.24) is 15.0 Å². The first-order valence-electron chi connectivity index (χ1n) is 9.85. The van der Waals surface area contributed by atoms with E-state index in [1.54, 1.807) is 42.5 Å². The highest BCUT2D eigenvalue weighted by Gasteiger charge is 2.16. The molecule has 0 fully saturated rings.